The lowest BCUT2D eigenvalue weighted by Crippen LogP contribution is -2.43. The predicted molar refractivity (Wildman–Crippen MR) is 148 cm³/mol. The van der Waals surface area contributed by atoms with Crippen molar-refractivity contribution in [2.75, 3.05) is 20.1 Å². The van der Waals surface area contributed by atoms with Crippen LogP contribution in [-0.2, 0) is 22.7 Å². The van der Waals surface area contributed by atoms with Crippen LogP contribution in [0.2, 0.25) is 10.0 Å². The zero-order valence-electron chi connectivity index (χ0n) is 20.3. The Morgan fingerprint density at radius 1 is 1.00 bits per heavy atom. The highest BCUT2D eigenvalue weighted by Gasteiger charge is 2.30. The van der Waals surface area contributed by atoms with Crippen LogP contribution in [0.3, 0.4) is 0 Å². The quantitative estimate of drug-likeness (QED) is 0.279. The summed E-state index contributed by atoms with van der Waals surface area (Å²) in [5, 5.41) is 1.22. The summed E-state index contributed by atoms with van der Waals surface area (Å²) in [6.07, 6.45) is 0.809. The summed E-state index contributed by atoms with van der Waals surface area (Å²) >= 11 is 15.5. The second-order valence-electron chi connectivity index (χ2n) is 8.95. The van der Waals surface area contributed by atoms with E-state index in [0.29, 0.717) is 54.0 Å². The maximum absolute atomic E-state index is 13.2. The minimum absolute atomic E-state index is 0.0470. The van der Waals surface area contributed by atoms with Crippen molar-refractivity contribution in [2.45, 2.75) is 26.0 Å². The molecule has 1 aliphatic heterocycles. The highest BCUT2D eigenvalue weighted by molar-refractivity contribution is 9.10. The van der Waals surface area contributed by atoms with E-state index < -0.39 is 0 Å². The van der Waals surface area contributed by atoms with Crippen molar-refractivity contribution in [3.05, 3.63) is 92.4 Å². The molecule has 1 aliphatic rings. The first-order valence-electron chi connectivity index (χ1n) is 11.9. The van der Waals surface area contributed by atoms with Crippen molar-refractivity contribution in [1.82, 2.24) is 9.80 Å². The zero-order valence-corrected chi connectivity index (χ0v) is 23.4. The smallest absolute Gasteiger partial charge is 0.410 e. The Bertz CT molecular complexity index is 1250. The summed E-state index contributed by atoms with van der Waals surface area (Å²) in [6, 6.07) is 20.1. The van der Waals surface area contributed by atoms with Crippen LogP contribution in [0.15, 0.2) is 71.2 Å². The number of hydrogen-bond donors (Lipinski definition) is 0. The number of piperidine rings is 1. The molecule has 37 heavy (non-hydrogen) atoms. The average Bonchev–Trinajstić information content (AvgIpc) is 2.89. The van der Waals surface area contributed by atoms with Gasteiger partial charge >= 0.3 is 6.09 Å². The highest BCUT2D eigenvalue weighted by atomic mass is 79.9. The monoisotopic (exact) mass is 604 g/mol. The van der Waals surface area contributed by atoms with E-state index in [2.05, 4.69) is 15.9 Å². The molecule has 0 unspecified atom stereocenters. The van der Waals surface area contributed by atoms with Gasteiger partial charge in [0, 0.05) is 52.7 Å². The number of halogens is 3. The van der Waals surface area contributed by atoms with E-state index in [9.17, 15) is 9.59 Å². The van der Waals surface area contributed by atoms with E-state index in [1.807, 2.05) is 42.5 Å². The van der Waals surface area contributed by atoms with Gasteiger partial charge in [-0.3, -0.25) is 4.79 Å². The molecule has 6 nitrogen and oxygen atoms in total. The lowest BCUT2D eigenvalue weighted by Gasteiger charge is -2.32. The Labute approximate surface area is 235 Å². The van der Waals surface area contributed by atoms with E-state index in [0.717, 1.165) is 15.6 Å². The van der Waals surface area contributed by atoms with Gasteiger partial charge < -0.3 is 19.3 Å². The van der Waals surface area contributed by atoms with Gasteiger partial charge in [0.15, 0.2) is 0 Å². The van der Waals surface area contributed by atoms with Crippen LogP contribution in [-0.4, -0.2) is 41.9 Å². The first-order chi connectivity index (χ1) is 17.8. The summed E-state index contributed by atoms with van der Waals surface area (Å²) in [6.45, 7) is 1.53. The van der Waals surface area contributed by atoms with Gasteiger partial charge in [-0.1, -0.05) is 63.4 Å². The first-order valence-corrected chi connectivity index (χ1v) is 13.5. The van der Waals surface area contributed by atoms with E-state index >= 15 is 0 Å². The largest absolute Gasteiger partial charge is 0.457 e. The molecule has 3 aromatic rings. The van der Waals surface area contributed by atoms with Crippen molar-refractivity contribution in [3.63, 3.8) is 0 Å². The second kappa shape index (κ2) is 12.7. The Morgan fingerprint density at radius 2 is 1.73 bits per heavy atom. The number of likely N-dealkylation sites (tertiary alicyclic amines) is 1. The molecule has 0 aliphatic carbocycles. The Hall–Kier alpha value is -2.74. The third-order valence-corrected chi connectivity index (χ3v) is 7.20. The van der Waals surface area contributed by atoms with Crippen molar-refractivity contribution in [2.24, 2.45) is 5.92 Å². The van der Waals surface area contributed by atoms with Crippen molar-refractivity contribution in [3.8, 4) is 11.5 Å². The second-order valence-corrected chi connectivity index (χ2v) is 10.7. The predicted octanol–water partition coefficient (Wildman–Crippen LogP) is 7.56. The van der Waals surface area contributed by atoms with Crippen LogP contribution in [0.5, 0.6) is 11.5 Å². The molecule has 0 bridgehead atoms. The van der Waals surface area contributed by atoms with Crippen LogP contribution in [0.25, 0.3) is 0 Å². The number of ether oxygens (including phenoxy) is 2. The topological polar surface area (TPSA) is 59.1 Å². The lowest BCUT2D eigenvalue weighted by atomic mass is 9.95. The van der Waals surface area contributed by atoms with Gasteiger partial charge in [0.25, 0.3) is 0 Å². The van der Waals surface area contributed by atoms with Crippen molar-refractivity contribution >= 4 is 51.1 Å². The first kappa shape index (κ1) is 27.3. The molecule has 194 valence electrons. The van der Waals surface area contributed by atoms with Gasteiger partial charge in [-0.2, -0.15) is 0 Å². The fourth-order valence-electron chi connectivity index (χ4n) is 4.18. The van der Waals surface area contributed by atoms with Gasteiger partial charge in [-0.15, -0.1) is 0 Å². The van der Waals surface area contributed by atoms with Crippen molar-refractivity contribution in [1.29, 1.82) is 0 Å². The van der Waals surface area contributed by atoms with Gasteiger partial charge in [0.1, 0.15) is 18.1 Å². The van der Waals surface area contributed by atoms with E-state index in [-0.39, 0.29) is 24.5 Å². The number of hydrogen-bond acceptors (Lipinski definition) is 4. The highest BCUT2D eigenvalue weighted by Crippen LogP contribution is 2.31. The lowest BCUT2D eigenvalue weighted by molar-refractivity contribution is -0.136. The van der Waals surface area contributed by atoms with Gasteiger partial charge in [-0.25, -0.2) is 4.79 Å². The molecule has 0 spiro atoms. The molecule has 1 saturated heterocycles. The standard InChI is InChI=1S/C28H27BrCl2N2O4/c1-32(17-21-7-8-22(29)15-26(21)37-25-4-2-3-24(31)16-25)27(34)20-11-13-33(14-12-20)28(35)36-18-19-5-9-23(30)10-6-19/h2-10,15-16,20H,11-14,17-18H2,1H3. The summed E-state index contributed by atoms with van der Waals surface area (Å²) < 4.78 is 12.4. The number of nitrogens with zero attached hydrogens (tertiary/aromatic N) is 2. The van der Waals surface area contributed by atoms with Crippen LogP contribution >= 0.6 is 39.1 Å². The Morgan fingerprint density at radius 3 is 2.43 bits per heavy atom. The maximum Gasteiger partial charge on any atom is 0.410 e. The molecule has 0 radical (unpaired) electrons. The van der Waals surface area contributed by atoms with Crippen LogP contribution < -0.4 is 4.74 Å². The van der Waals surface area contributed by atoms with Crippen LogP contribution in [0.1, 0.15) is 24.0 Å². The SMILES string of the molecule is CN(Cc1ccc(Br)cc1Oc1cccc(Cl)c1)C(=O)C1CCN(C(=O)OCc2ccc(Cl)cc2)CC1. The maximum atomic E-state index is 13.2. The fourth-order valence-corrected chi connectivity index (χ4v) is 4.83. The molecular formula is C28H27BrCl2N2O4. The average molecular weight is 606 g/mol. The van der Waals surface area contributed by atoms with E-state index in [1.54, 1.807) is 41.1 Å². The third-order valence-electron chi connectivity index (χ3n) is 6.21. The Balaban J connectivity index is 1.30. The molecule has 1 fully saturated rings. The zero-order chi connectivity index (χ0) is 26.4. The van der Waals surface area contributed by atoms with E-state index in [4.69, 9.17) is 32.7 Å². The number of benzene rings is 3. The van der Waals surface area contributed by atoms with Crippen LogP contribution in [0.4, 0.5) is 4.79 Å². The molecule has 1 heterocycles. The normalized spacial score (nSPS) is 13.8. The Kier molecular flexibility index (Phi) is 9.35. The number of carbonyl (C=O) groups is 2. The molecule has 2 amide bonds. The summed E-state index contributed by atoms with van der Waals surface area (Å²) in [5.41, 5.74) is 1.75. The minimum Gasteiger partial charge on any atom is -0.457 e. The summed E-state index contributed by atoms with van der Waals surface area (Å²) in [7, 11) is 1.79. The molecule has 0 saturated carbocycles. The fraction of sp³-hybridized carbons (Fsp3) is 0.286. The van der Waals surface area contributed by atoms with Crippen LogP contribution in [0, 0.1) is 5.92 Å². The number of amides is 2. The van der Waals surface area contributed by atoms with Gasteiger partial charge in [-0.05, 0) is 60.9 Å². The molecule has 0 N–H and O–H groups in total. The molecule has 3 aromatic carbocycles. The molecule has 0 aromatic heterocycles. The van der Waals surface area contributed by atoms with Crippen molar-refractivity contribution < 1.29 is 19.1 Å². The third kappa shape index (κ3) is 7.63. The molecular weight excluding hydrogens is 579 g/mol. The molecule has 9 heteroatoms. The summed E-state index contributed by atoms with van der Waals surface area (Å²) in [4.78, 5) is 29.1. The van der Waals surface area contributed by atoms with E-state index in [1.165, 1.54) is 0 Å². The molecule has 4 rings (SSSR count). The number of rotatable bonds is 7. The summed E-state index contributed by atoms with van der Waals surface area (Å²) in [5.74, 6) is 1.16. The van der Waals surface area contributed by atoms with Gasteiger partial charge in [0.2, 0.25) is 5.91 Å². The molecule has 0 atom stereocenters. The minimum atomic E-state index is -0.369. The van der Waals surface area contributed by atoms with Gasteiger partial charge in [0.05, 0.1) is 0 Å². The number of carbonyl (C=O) groups excluding carboxylic acids is 2.